The van der Waals surface area contributed by atoms with E-state index in [1.54, 1.807) is 7.11 Å². The van der Waals surface area contributed by atoms with Gasteiger partial charge in [0, 0.05) is 12.2 Å². The number of hydrogen-bond donors (Lipinski definition) is 1. The van der Waals surface area contributed by atoms with Crippen molar-refractivity contribution in [2.45, 2.75) is 40.2 Å². The van der Waals surface area contributed by atoms with Crippen LogP contribution in [0.4, 0.5) is 0 Å². The first-order valence-corrected chi connectivity index (χ1v) is 7.54. The van der Waals surface area contributed by atoms with Crippen molar-refractivity contribution in [2.75, 3.05) is 26.9 Å². The molecule has 1 rings (SSSR count). The molecular formula is C17H29NO2. The Labute approximate surface area is 123 Å². The third-order valence-corrected chi connectivity index (χ3v) is 3.34. The fourth-order valence-electron chi connectivity index (χ4n) is 2.15. The average Bonchev–Trinajstić information content (AvgIpc) is 2.42. The van der Waals surface area contributed by atoms with E-state index in [1.807, 2.05) is 6.07 Å². The van der Waals surface area contributed by atoms with Crippen LogP contribution in [0.2, 0.25) is 0 Å². The molecule has 0 saturated heterocycles. The van der Waals surface area contributed by atoms with E-state index < -0.39 is 0 Å². The molecule has 1 atom stereocenters. The summed E-state index contributed by atoms with van der Waals surface area (Å²) in [6.07, 6.45) is 1.10. The molecule has 0 spiro atoms. The van der Waals surface area contributed by atoms with Crippen molar-refractivity contribution >= 4 is 0 Å². The summed E-state index contributed by atoms with van der Waals surface area (Å²) in [6, 6.07) is 6.47. The van der Waals surface area contributed by atoms with Crippen LogP contribution in [0.1, 0.15) is 44.4 Å². The van der Waals surface area contributed by atoms with Crippen LogP contribution in [0.15, 0.2) is 18.2 Å². The summed E-state index contributed by atoms with van der Waals surface area (Å²) < 4.78 is 11.3. The van der Waals surface area contributed by atoms with Crippen LogP contribution >= 0.6 is 0 Å². The van der Waals surface area contributed by atoms with Crippen LogP contribution in [0.5, 0.6) is 5.75 Å². The fourth-order valence-corrected chi connectivity index (χ4v) is 2.15. The van der Waals surface area contributed by atoms with Gasteiger partial charge in [-0.15, -0.1) is 0 Å². The van der Waals surface area contributed by atoms with E-state index in [9.17, 15) is 0 Å². The van der Waals surface area contributed by atoms with Gasteiger partial charge in [0.25, 0.3) is 0 Å². The van der Waals surface area contributed by atoms with Gasteiger partial charge in [-0.2, -0.15) is 0 Å². The predicted octanol–water partition coefficient (Wildman–Crippen LogP) is 3.72. The molecule has 0 aliphatic rings. The number of nitrogens with one attached hydrogen (secondary N) is 1. The number of methoxy groups -OCH3 is 1. The number of ether oxygens (including phenoxy) is 2. The van der Waals surface area contributed by atoms with Crippen LogP contribution in [-0.2, 0) is 4.74 Å². The minimum Gasteiger partial charge on any atom is -0.496 e. The van der Waals surface area contributed by atoms with Crippen LogP contribution in [-0.4, -0.2) is 26.9 Å². The highest BCUT2D eigenvalue weighted by molar-refractivity contribution is 5.39. The van der Waals surface area contributed by atoms with Gasteiger partial charge < -0.3 is 14.8 Å². The Morgan fingerprint density at radius 2 is 2.00 bits per heavy atom. The molecule has 1 unspecified atom stereocenters. The molecule has 3 heteroatoms. The first-order valence-electron chi connectivity index (χ1n) is 7.54. The van der Waals surface area contributed by atoms with E-state index in [4.69, 9.17) is 9.47 Å². The maximum atomic E-state index is 5.83. The van der Waals surface area contributed by atoms with E-state index in [2.05, 4.69) is 45.1 Å². The van der Waals surface area contributed by atoms with Crippen molar-refractivity contribution < 1.29 is 9.47 Å². The van der Waals surface area contributed by atoms with Crippen molar-refractivity contribution in [1.82, 2.24) is 5.32 Å². The summed E-state index contributed by atoms with van der Waals surface area (Å²) in [5.41, 5.74) is 2.42. The van der Waals surface area contributed by atoms with Crippen molar-refractivity contribution in [1.29, 1.82) is 0 Å². The molecule has 1 N–H and O–H groups in total. The van der Waals surface area contributed by atoms with Gasteiger partial charge in [0.2, 0.25) is 0 Å². The number of hydrogen-bond acceptors (Lipinski definition) is 3. The van der Waals surface area contributed by atoms with Crippen LogP contribution < -0.4 is 10.1 Å². The second-order valence-electron chi connectivity index (χ2n) is 5.61. The Morgan fingerprint density at radius 3 is 2.60 bits per heavy atom. The lowest BCUT2D eigenvalue weighted by Crippen LogP contribution is -2.26. The van der Waals surface area contributed by atoms with E-state index in [-0.39, 0.29) is 6.04 Å². The summed E-state index contributed by atoms with van der Waals surface area (Å²) in [5.74, 6) is 1.61. The highest BCUT2D eigenvalue weighted by atomic mass is 16.5. The Bertz CT molecular complexity index is 391. The normalized spacial score (nSPS) is 12.7. The second-order valence-corrected chi connectivity index (χ2v) is 5.61. The zero-order valence-electron chi connectivity index (χ0n) is 13.5. The standard InChI is InChI=1S/C17H29NO2/c1-6-18-16(12-20-10-9-13(2)3)15-11-14(4)7-8-17(15)19-5/h7-8,11,13,16,18H,6,9-10,12H2,1-5H3. The minimum atomic E-state index is 0.182. The highest BCUT2D eigenvalue weighted by Gasteiger charge is 2.15. The van der Waals surface area contributed by atoms with Crippen LogP contribution in [0.25, 0.3) is 0 Å². The molecule has 0 radical (unpaired) electrons. The molecule has 0 aliphatic carbocycles. The molecule has 1 aromatic carbocycles. The largest absolute Gasteiger partial charge is 0.496 e. The quantitative estimate of drug-likeness (QED) is 0.699. The van der Waals surface area contributed by atoms with E-state index in [0.717, 1.165) is 25.3 Å². The number of aryl methyl sites for hydroxylation is 1. The summed E-state index contributed by atoms with van der Waals surface area (Å²) in [6.45, 7) is 11.1. The molecule has 0 heterocycles. The number of benzene rings is 1. The topological polar surface area (TPSA) is 30.5 Å². The fraction of sp³-hybridized carbons (Fsp3) is 0.647. The summed E-state index contributed by atoms with van der Waals surface area (Å²) in [4.78, 5) is 0. The first kappa shape index (κ1) is 17.0. The molecule has 0 saturated carbocycles. The van der Waals surface area contributed by atoms with Gasteiger partial charge in [-0.05, 0) is 31.9 Å². The SMILES string of the molecule is CCNC(COCCC(C)C)c1cc(C)ccc1OC. The molecule has 114 valence electrons. The lowest BCUT2D eigenvalue weighted by molar-refractivity contribution is 0.102. The molecule has 1 aromatic rings. The Balaban J connectivity index is 2.71. The van der Waals surface area contributed by atoms with E-state index in [0.29, 0.717) is 12.5 Å². The summed E-state index contributed by atoms with van der Waals surface area (Å²) in [5, 5.41) is 3.48. The van der Waals surface area contributed by atoms with Crippen LogP contribution in [0.3, 0.4) is 0 Å². The Kier molecular flexibility index (Phi) is 7.63. The monoisotopic (exact) mass is 279 g/mol. The van der Waals surface area contributed by atoms with Gasteiger partial charge in [0.15, 0.2) is 0 Å². The zero-order chi connectivity index (χ0) is 15.0. The smallest absolute Gasteiger partial charge is 0.123 e. The zero-order valence-corrected chi connectivity index (χ0v) is 13.5. The highest BCUT2D eigenvalue weighted by Crippen LogP contribution is 2.26. The molecule has 0 bridgehead atoms. The summed E-state index contributed by atoms with van der Waals surface area (Å²) in [7, 11) is 1.72. The van der Waals surface area contributed by atoms with Crippen molar-refractivity contribution in [3.05, 3.63) is 29.3 Å². The van der Waals surface area contributed by atoms with Gasteiger partial charge in [0.1, 0.15) is 5.75 Å². The molecule has 0 fully saturated rings. The molecule has 20 heavy (non-hydrogen) atoms. The van der Waals surface area contributed by atoms with Gasteiger partial charge in [-0.1, -0.05) is 38.5 Å². The van der Waals surface area contributed by atoms with Crippen molar-refractivity contribution in [2.24, 2.45) is 5.92 Å². The van der Waals surface area contributed by atoms with Gasteiger partial charge >= 0.3 is 0 Å². The lowest BCUT2D eigenvalue weighted by atomic mass is 10.0. The molecular weight excluding hydrogens is 250 g/mol. The first-order chi connectivity index (χ1) is 9.58. The number of likely N-dealkylation sites (N-methyl/N-ethyl adjacent to an activating group) is 1. The van der Waals surface area contributed by atoms with Crippen molar-refractivity contribution in [3.8, 4) is 5.75 Å². The molecule has 0 aromatic heterocycles. The van der Waals surface area contributed by atoms with Crippen LogP contribution in [0, 0.1) is 12.8 Å². The van der Waals surface area contributed by atoms with Gasteiger partial charge in [0.05, 0.1) is 19.8 Å². The minimum absolute atomic E-state index is 0.182. The maximum absolute atomic E-state index is 5.83. The molecule has 3 nitrogen and oxygen atoms in total. The van der Waals surface area contributed by atoms with Gasteiger partial charge in [-0.3, -0.25) is 0 Å². The van der Waals surface area contributed by atoms with E-state index >= 15 is 0 Å². The molecule has 0 aliphatic heterocycles. The average molecular weight is 279 g/mol. The maximum Gasteiger partial charge on any atom is 0.123 e. The third kappa shape index (κ3) is 5.51. The number of rotatable bonds is 9. The summed E-state index contributed by atoms with van der Waals surface area (Å²) >= 11 is 0. The second kappa shape index (κ2) is 8.98. The molecule has 0 amide bonds. The Morgan fingerprint density at radius 1 is 1.25 bits per heavy atom. The van der Waals surface area contributed by atoms with Crippen molar-refractivity contribution in [3.63, 3.8) is 0 Å². The van der Waals surface area contributed by atoms with E-state index in [1.165, 1.54) is 11.1 Å². The Hall–Kier alpha value is -1.06. The predicted molar refractivity (Wildman–Crippen MR) is 84.4 cm³/mol. The third-order valence-electron chi connectivity index (χ3n) is 3.34. The van der Waals surface area contributed by atoms with Gasteiger partial charge in [-0.25, -0.2) is 0 Å². The lowest BCUT2D eigenvalue weighted by Gasteiger charge is -2.21.